The van der Waals surface area contributed by atoms with Crippen LogP contribution in [-0.4, -0.2) is 17.3 Å². The molecule has 3 heteroatoms. The van der Waals surface area contributed by atoms with Gasteiger partial charge in [0, 0.05) is 16.9 Å². The van der Waals surface area contributed by atoms with E-state index in [1.54, 1.807) is 0 Å². The molecule has 0 aliphatic heterocycles. The van der Waals surface area contributed by atoms with Crippen LogP contribution in [0.2, 0.25) is 0 Å². The Morgan fingerprint density at radius 3 is 2.47 bits per heavy atom. The largest absolute Gasteiger partial charge is 0.349 e. The van der Waals surface area contributed by atoms with Crippen molar-refractivity contribution < 1.29 is 4.79 Å². The Hall–Kier alpha value is -0.830. The molecule has 0 saturated carbocycles. The molecule has 15 heavy (non-hydrogen) atoms. The van der Waals surface area contributed by atoms with Gasteiger partial charge in [-0.1, -0.05) is 41.1 Å². The topological polar surface area (TPSA) is 29.1 Å². The third kappa shape index (κ3) is 3.67. The van der Waals surface area contributed by atoms with E-state index >= 15 is 0 Å². The summed E-state index contributed by atoms with van der Waals surface area (Å²) >= 11 is 3.41. The van der Waals surface area contributed by atoms with E-state index in [-0.39, 0.29) is 11.9 Å². The van der Waals surface area contributed by atoms with Crippen LogP contribution in [0.25, 0.3) is 0 Å². The van der Waals surface area contributed by atoms with Crippen LogP contribution in [0.15, 0.2) is 30.3 Å². The zero-order chi connectivity index (χ0) is 11.3. The summed E-state index contributed by atoms with van der Waals surface area (Å²) in [5.74, 6) is 0.425. The number of nitrogens with one attached hydrogen (secondary N) is 1. The van der Waals surface area contributed by atoms with Crippen LogP contribution in [0.4, 0.5) is 0 Å². The number of benzene rings is 1. The van der Waals surface area contributed by atoms with E-state index in [2.05, 4.69) is 28.2 Å². The number of hydrogen-bond acceptors (Lipinski definition) is 1. The Balaban J connectivity index is 2.57. The maximum atomic E-state index is 11.7. The Kier molecular flexibility index (Phi) is 4.82. The maximum Gasteiger partial charge on any atom is 0.251 e. The van der Waals surface area contributed by atoms with Crippen LogP contribution in [-0.2, 0) is 0 Å². The smallest absolute Gasteiger partial charge is 0.251 e. The van der Waals surface area contributed by atoms with Crippen molar-refractivity contribution >= 4 is 21.8 Å². The lowest BCUT2D eigenvalue weighted by Gasteiger charge is -2.19. The molecule has 0 bridgehead atoms. The van der Waals surface area contributed by atoms with Crippen molar-refractivity contribution in [2.24, 2.45) is 5.92 Å². The molecule has 1 N–H and O–H groups in total. The highest BCUT2D eigenvalue weighted by Gasteiger charge is 2.14. The molecule has 0 aromatic heterocycles. The second-order valence-electron chi connectivity index (χ2n) is 3.76. The number of rotatable bonds is 4. The molecule has 0 heterocycles. The quantitative estimate of drug-likeness (QED) is 0.837. The lowest BCUT2D eigenvalue weighted by Crippen LogP contribution is -2.37. The SMILES string of the molecule is CC(CBr)C(C)NC(=O)c1ccccc1. The third-order valence-corrected chi connectivity index (χ3v) is 3.51. The van der Waals surface area contributed by atoms with Gasteiger partial charge in [-0.3, -0.25) is 4.79 Å². The molecule has 1 rings (SSSR count). The van der Waals surface area contributed by atoms with Crippen LogP contribution in [0.3, 0.4) is 0 Å². The van der Waals surface area contributed by atoms with Crippen molar-refractivity contribution in [3.8, 4) is 0 Å². The second-order valence-corrected chi connectivity index (χ2v) is 4.41. The van der Waals surface area contributed by atoms with Crippen molar-refractivity contribution in [1.29, 1.82) is 0 Å². The summed E-state index contributed by atoms with van der Waals surface area (Å²) in [6.45, 7) is 4.12. The Morgan fingerprint density at radius 1 is 1.33 bits per heavy atom. The number of halogens is 1. The minimum Gasteiger partial charge on any atom is -0.349 e. The van der Waals surface area contributed by atoms with Crippen molar-refractivity contribution in [2.75, 3.05) is 5.33 Å². The number of amides is 1. The normalized spacial score (nSPS) is 14.3. The standard InChI is InChI=1S/C12H16BrNO/c1-9(8-13)10(2)14-12(15)11-6-4-3-5-7-11/h3-7,9-10H,8H2,1-2H3,(H,14,15). The zero-order valence-corrected chi connectivity index (χ0v) is 10.6. The van der Waals surface area contributed by atoms with Gasteiger partial charge in [0.1, 0.15) is 0 Å². The van der Waals surface area contributed by atoms with Gasteiger partial charge >= 0.3 is 0 Å². The van der Waals surface area contributed by atoms with Gasteiger partial charge in [-0.15, -0.1) is 0 Å². The first-order chi connectivity index (χ1) is 7.15. The third-order valence-electron chi connectivity index (χ3n) is 2.49. The summed E-state index contributed by atoms with van der Waals surface area (Å²) in [6.07, 6.45) is 0. The maximum absolute atomic E-state index is 11.7. The van der Waals surface area contributed by atoms with E-state index in [9.17, 15) is 4.79 Å². The van der Waals surface area contributed by atoms with E-state index in [1.165, 1.54) is 0 Å². The van der Waals surface area contributed by atoms with Gasteiger partial charge in [0.2, 0.25) is 0 Å². The summed E-state index contributed by atoms with van der Waals surface area (Å²) in [7, 11) is 0. The van der Waals surface area contributed by atoms with E-state index in [0.29, 0.717) is 11.5 Å². The number of hydrogen-bond donors (Lipinski definition) is 1. The highest BCUT2D eigenvalue weighted by Crippen LogP contribution is 2.07. The predicted octanol–water partition coefficient (Wildman–Crippen LogP) is 2.84. The molecular formula is C12H16BrNO. The van der Waals surface area contributed by atoms with Gasteiger partial charge in [0.25, 0.3) is 5.91 Å². The molecule has 1 amide bonds. The summed E-state index contributed by atoms with van der Waals surface area (Å²) in [5, 5.41) is 3.87. The van der Waals surface area contributed by atoms with Gasteiger partial charge in [-0.2, -0.15) is 0 Å². The van der Waals surface area contributed by atoms with Gasteiger partial charge < -0.3 is 5.32 Å². The monoisotopic (exact) mass is 269 g/mol. The molecule has 1 aromatic rings. The Labute approximate surface area is 99.2 Å². The first-order valence-corrected chi connectivity index (χ1v) is 6.19. The average Bonchev–Trinajstić information content (AvgIpc) is 2.29. The predicted molar refractivity (Wildman–Crippen MR) is 66.3 cm³/mol. The molecule has 82 valence electrons. The molecule has 0 aliphatic rings. The fraction of sp³-hybridized carbons (Fsp3) is 0.417. The summed E-state index contributed by atoms with van der Waals surface area (Å²) in [6, 6.07) is 9.46. The van der Waals surface area contributed by atoms with Crippen molar-refractivity contribution in [1.82, 2.24) is 5.32 Å². The summed E-state index contributed by atoms with van der Waals surface area (Å²) < 4.78 is 0. The van der Waals surface area contributed by atoms with Crippen LogP contribution in [0, 0.1) is 5.92 Å². The first-order valence-electron chi connectivity index (χ1n) is 5.07. The Bertz CT molecular complexity index is 313. The number of carbonyl (C=O) groups is 1. The molecule has 0 fully saturated rings. The molecule has 2 nitrogen and oxygen atoms in total. The van der Waals surface area contributed by atoms with Crippen LogP contribution in [0.1, 0.15) is 24.2 Å². The summed E-state index contributed by atoms with van der Waals surface area (Å²) in [5.41, 5.74) is 0.714. The fourth-order valence-electron chi connectivity index (χ4n) is 1.16. The highest BCUT2D eigenvalue weighted by atomic mass is 79.9. The molecule has 2 atom stereocenters. The molecule has 1 aromatic carbocycles. The van der Waals surface area contributed by atoms with E-state index in [0.717, 1.165) is 5.33 Å². The van der Waals surface area contributed by atoms with Crippen molar-refractivity contribution in [3.63, 3.8) is 0 Å². The minimum atomic E-state index is -0.00380. The van der Waals surface area contributed by atoms with Crippen LogP contribution >= 0.6 is 15.9 Å². The lowest BCUT2D eigenvalue weighted by atomic mass is 10.1. The molecule has 0 spiro atoms. The zero-order valence-electron chi connectivity index (χ0n) is 9.03. The fourth-order valence-corrected chi connectivity index (χ4v) is 1.72. The van der Waals surface area contributed by atoms with Gasteiger partial charge in [-0.25, -0.2) is 0 Å². The van der Waals surface area contributed by atoms with Gasteiger partial charge in [0.15, 0.2) is 0 Å². The van der Waals surface area contributed by atoms with Gasteiger partial charge in [-0.05, 0) is 25.0 Å². The van der Waals surface area contributed by atoms with Crippen LogP contribution < -0.4 is 5.32 Å². The van der Waals surface area contributed by atoms with Crippen molar-refractivity contribution in [2.45, 2.75) is 19.9 Å². The van der Waals surface area contributed by atoms with E-state index in [4.69, 9.17) is 0 Å². The van der Waals surface area contributed by atoms with Gasteiger partial charge in [0.05, 0.1) is 0 Å². The van der Waals surface area contributed by atoms with Crippen molar-refractivity contribution in [3.05, 3.63) is 35.9 Å². The van der Waals surface area contributed by atoms with E-state index < -0.39 is 0 Å². The number of carbonyl (C=O) groups excluding carboxylic acids is 1. The average molecular weight is 270 g/mol. The molecule has 0 radical (unpaired) electrons. The second kappa shape index (κ2) is 5.91. The highest BCUT2D eigenvalue weighted by molar-refractivity contribution is 9.09. The molecule has 0 saturated heterocycles. The number of alkyl halides is 1. The van der Waals surface area contributed by atoms with E-state index in [1.807, 2.05) is 37.3 Å². The van der Waals surface area contributed by atoms with Crippen LogP contribution in [0.5, 0.6) is 0 Å². The molecular weight excluding hydrogens is 254 g/mol. The Morgan fingerprint density at radius 2 is 1.93 bits per heavy atom. The molecule has 0 aliphatic carbocycles. The summed E-state index contributed by atoms with van der Waals surface area (Å²) in [4.78, 5) is 11.7. The first kappa shape index (κ1) is 12.2. The minimum absolute atomic E-state index is 0.00380. The molecule has 2 unspecified atom stereocenters. The lowest BCUT2D eigenvalue weighted by molar-refractivity contribution is 0.0931.